The molecule has 0 saturated carbocycles. The summed E-state index contributed by atoms with van der Waals surface area (Å²) in [5, 5.41) is 9.08. The predicted octanol–water partition coefficient (Wildman–Crippen LogP) is 3.23. The van der Waals surface area contributed by atoms with Crippen LogP contribution < -0.4 is 10.6 Å². The molecule has 3 nitrogen and oxygen atoms in total. The van der Waals surface area contributed by atoms with E-state index in [0.29, 0.717) is 6.42 Å². The van der Waals surface area contributed by atoms with Crippen LogP contribution in [0.5, 0.6) is 0 Å². The van der Waals surface area contributed by atoms with Crippen LogP contribution in [0.1, 0.15) is 38.7 Å². The maximum atomic E-state index is 9.08. The molecule has 0 bridgehead atoms. The minimum Gasteiger partial charge on any atom is -0.372 e. The highest BCUT2D eigenvalue weighted by atomic mass is 15.1. The van der Waals surface area contributed by atoms with Crippen molar-refractivity contribution < 1.29 is 0 Å². The first-order valence-electron chi connectivity index (χ1n) is 7.07. The Bertz CT molecular complexity index is 436. The fraction of sp³-hybridized carbons (Fsp3) is 0.562. The second-order valence-electron chi connectivity index (χ2n) is 5.09. The first-order valence-corrected chi connectivity index (χ1v) is 7.07. The molecule has 0 aliphatic carbocycles. The van der Waals surface area contributed by atoms with Gasteiger partial charge in [-0.25, -0.2) is 0 Å². The van der Waals surface area contributed by atoms with Gasteiger partial charge in [0.25, 0.3) is 0 Å². The molecule has 1 aromatic rings. The van der Waals surface area contributed by atoms with Crippen molar-refractivity contribution in [2.24, 2.45) is 5.73 Å². The zero-order valence-electron chi connectivity index (χ0n) is 12.3. The first kappa shape index (κ1) is 15.5. The molecule has 0 heterocycles. The SMILES string of the molecule is CCN(CCCC(N)(C#N)CC)c1ccccc1C. The van der Waals surface area contributed by atoms with Gasteiger partial charge in [0.15, 0.2) is 0 Å². The summed E-state index contributed by atoms with van der Waals surface area (Å²) in [5.41, 5.74) is 7.92. The number of hydrogen-bond acceptors (Lipinski definition) is 3. The monoisotopic (exact) mass is 259 g/mol. The first-order chi connectivity index (χ1) is 9.06. The van der Waals surface area contributed by atoms with Crippen molar-refractivity contribution >= 4 is 5.69 Å². The summed E-state index contributed by atoms with van der Waals surface area (Å²) in [6.45, 7) is 8.18. The van der Waals surface area contributed by atoms with Crippen molar-refractivity contribution in [1.29, 1.82) is 5.26 Å². The van der Waals surface area contributed by atoms with E-state index in [9.17, 15) is 0 Å². The van der Waals surface area contributed by atoms with Crippen LogP contribution in [0, 0.1) is 18.3 Å². The minimum atomic E-state index is -0.662. The zero-order chi connectivity index (χ0) is 14.3. The van der Waals surface area contributed by atoms with Crippen LogP contribution in [0.2, 0.25) is 0 Å². The summed E-state index contributed by atoms with van der Waals surface area (Å²) in [6, 6.07) is 10.6. The van der Waals surface area contributed by atoms with E-state index in [4.69, 9.17) is 11.0 Å². The Kier molecular flexibility index (Phi) is 5.85. The highest BCUT2D eigenvalue weighted by Crippen LogP contribution is 2.21. The molecule has 1 aromatic carbocycles. The summed E-state index contributed by atoms with van der Waals surface area (Å²) >= 11 is 0. The van der Waals surface area contributed by atoms with Crippen LogP contribution in [0.4, 0.5) is 5.69 Å². The number of rotatable bonds is 7. The van der Waals surface area contributed by atoms with E-state index in [1.54, 1.807) is 0 Å². The topological polar surface area (TPSA) is 53.0 Å². The van der Waals surface area contributed by atoms with Gasteiger partial charge in [-0.05, 0) is 44.7 Å². The lowest BCUT2D eigenvalue weighted by Crippen LogP contribution is -2.38. The van der Waals surface area contributed by atoms with Gasteiger partial charge in [0, 0.05) is 18.8 Å². The van der Waals surface area contributed by atoms with Gasteiger partial charge in [0.2, 0.25) is 0 Å². The second-order valence-corrected chi connectivity index (χ2v) is 5.09. The van der Waals surface area contributed by atoms with Crippen LogP contribution >= 0.6 is 0 Å². The molecule has 19 heavy (non-hydrogen) atoms. The Morgan fingerprint density at radius 1 is 1.32 bits per heavy atom. The molecule has 0 aliphatic rings. The maximum Gasteiger partial charge on any atom is 0.104 e. The Morgan fingerprint density at radius 2 is 2.00 bits per heavy atom. The van der Waals surface area contributed by atoms with Crippen LogP contribution in [0.25, 0.3) is 0 Å². The van der Waals surface area contributed by atoms with Crippen LogP contribution in [0.3, 0.4) is 0 Å². The standard InChI is InChI=1S/C16H25N3/c1-4-16(18,13-17)11-8-12-19(5-2)15-10-7-6-9-14(15)3/h6-7,9-10H,4-5,8,11-12,18H2,1-3H3. The number of aryl methyl sites for hydroxylation is 1. The van der Waals surface area contributed by atoms with Crippen molar-refractivity contribution in [3.05, 3.63) is 29.8 Å². The van der Waals surface area contributed by atoms with Crippen molar-refractivity contribution in [2.45, 2.75) is 45.6 Å². The van der Waals surface area contributed by atoms with Gasteiger partial charge in [-0.3, -0.25) is 0 Å². The van der Waals surface area contributed by atoms with Gasteiger partial charge in [0.05, 0.1) is 6.07 Å². The Labute approximate surface area is 117 Å². The molecule has 104 valence electrons. The zero-order valence-corrected chi connectivity index (χ0v) is 12.3. The fourth-order valence-corrected chi connectivity index (χ4v) is 2.26. The summed E-state index contributed by atoms with van der Waals surface area (Å²) in [4.78, 5) is 2.35. The van der Waals surface area contributed by atoms with E-state index in [0.717, 1.165) is 25.9 Å². The molecule has 0 radical (unpaired) electrons. The number of nitrogens with two attached hydrogens (primary N) is 1. The van der Waals surface area contributed by atoms with Gasteiger partial charge < -0.3 is 10.6 Å². The average molecular weight is 259 g/mol. The molecule has 0 amide bonds. The van der Waals surface area contributed by atoms with E-state index in [1.165, 1.54) is 11.3 Å². The number of para-hydroxylation sites is 1. The van der Waals surface area contributed by atoms with Gasteiger partial charge in [0.1, 0.15) is 5.54 Å². The number of nitrogens with zero attached hydrogens (tertiary/aromatic N) is 2. The molecule has 1 atom stereocenters. The molecule has 0 saturated heterocycles. The third-order valence-electron chi connectivity index (χ3n) is 3.74. The Balaban J connectivity index is 2.60. The van der Waals surface area contributed by atoms with Crippen LogP contribution in [-0.2, 0) is 0 Å². The fourth-order valence-electron chi connectivity index (χ4n) is 2.26. The molecular formula is C16H25N3. The van der Waals surface area contributed by atoms with Gasteiger partial charge in [-0.15, -0.1) is 0 Å². The van der Waals surface area contributed by atoms with Crippen LogP contribution in [-0.4, -0.2) is 18.6 Å². The normalized spacial score (nSPS) is 13.6. The smallest absolute Gasteiger partial charge is 0.104 e. The Morgan fingerprint density at radius 3 is 2.53 bits per heavy atom. The molecule has 0 aliphatic heterocycles. The molecule has 2 N–H and O–H groups in total. The predicted molar refractivity (Wildman–Crippen MR) is 81.1 cm³/mol. The van der Waals surface area contributed by atoms with E-state index < -0.39 is 5.54 Å². The lowest BCUT2D eigenvalue weighted by molar-refractivity contribution is 0.465. The summed E-state index contributed by atoms with van der Waals surface area (Å²) in [5.74, 6) is 0. The third-order valence-corrected chi connectivity index (χ3v) is 3.74. The highest BCUT2D eigenvalue weighted by Gasteiger charge is 2.21. The lowest BCUT2D eigenvalue weighted by Gasteiger charge is -2.27. The number of hydrogen-bond donors (Lipinski definition) is 1. The number of nitriles is 1. The number of benzene rings is 1. The van der Waals surface area contributed by atoms with Gasteiger partial charge in [-0.1, -0.05) is 25.1 Å². The van der Waals surface area contributed by atoms with Crippen molar-refractivity contribution in [1.82, 2.24) is 0 Å². The third kappa shape index (κ3) is 4.25. The van der Waals surface area contributed by atoms with Crippen molar-refractivity contribution in [3.8, 4) is 6.07 Å². The number of anilines is 1. The average Bonchev–Trinajstić information content (AvgIpc) is 2.44. The minimum absolute atomic E-state index is 0.662. The Hall–Kier alpha value is -1.53. The van der Waals surface area contributed by atoms with E-state index in [2.05, 4.69) is 49.1 Å². The van der Waals surface area contributed by atoms with Crippen LogP contribution in [0.15, 0.2) is 24.3 Å². The van der Waals surface area contributed by atoms with Crippen molar-refractivity contribution in [3.63, 3.8) is 0 Å². The molecule has 3 heteroatoms. The summed E-state index contributed by atoms with van der Waals surface area (Å²) in [6.07, 6.45) is 2.41. The molecule has 0 aromatic heterocycles. The molecule has 0 spiro atoms. The molecule has 1 unspecified atom stereocenters. The van der Waals surface area contributed by atoms with E-state index in [-0.39, 0.29) is 0 Å². The van der Waals surface area contributed by atoms with Gasteiger partial charge >= 0.3 is 0 Å². The molecule has 0 fully saturated rings. The lowest BCUT2D eigenvalue weighted by atomic mass is 9.93. The van der Waals surface area contributed by atoms with E-state index in [1.807, 2.05) is 6.92 Å². The van der Waals surface area contributed by atoms with Gasteiger partial charge in [-0.2, -0.15) is 5.26 Å². The largest absolute Gasteiger partial charge is 0.372 e. The quantitative estimate of drug-likeness (QED) is 0.818. The molecular weight excluding hydrogens is 234 g/mol. The summed E-state index contributed by atoms with van der Waals surface area (Å²) < 4.78 is 0. The highest BCUT2D eigenvalue weighted by molar-refractivity contribution is 5.52. The van der Waals surface area contributed by atoms with E-state index >= 15 is 0 Å². The maximum absolute atomic E-state index is 9.08. The summed E-state index contributed by atoms with van der Waals surface area (Å²) in [7, 11) is 0. The molecule has 1 rings (SSSR count). The second kappa shape index (κ2) is 7.16. The van der Waals surface area contributed by atoms with Crippen molar-refractivity contribution in [2.75, 3.05) is 18.0 Å².